The molecule has 6 heteroatoms. The van der Waals surface area contributed by atoms with Crippen molar-refractivity contribution in [1.82, 2.24) is 5.32 Å². The highest BCUT2D eigenvalue weighted by molar-refractivity contribution is 5.95. The summed E-state index contributed by atoms with van der Waals surface area (Å²) in [6.07, 6.45) is 0.688. The molecule has 0 unspecified atom stereocenters. The van der Waals surface area contributed by atoms with Gasteiger partial charge in [-0.2, -0.15) is 0 Å². The topological polar surface area (TPSA) is 66.0 Å². The quantitative estimate of drug-likeness (QED) is 0.463. The first-order valence-corrected chi connectivity index (χ1v) is 10.1. The van der Waals surface area contributed by atoms with E-state index in [1.165, 1.54) is 14.2 Å². The van der Waals surface area contributed by atoms with Crippen molar-refractivity contribution in [3.05, 3.63) is 83.9 Å². The first kappa shape index (κ1) is 22.0. The van der Waals surface area contributed by atoms with Gasteiger partial charge in [-0.15, -0.1) is 0 Å². The summed E-state index contributed by atoms with van der Waals surface area (Å²) in [5.41, 5.74) is 1.45. The van der Waals surface area contributed by atoms with Crippen LogP contribution in [-0.2, 0) is 6.61 Å². The fourth-order valence-electron chi connectivity index (χ4n) is 2.97. The van der Waals surface area contributed by atoms with E-state index in [9.17, 15) is 4.79 Å². The monoisotopic (exact) mass is 421 g/mol. The Balaban J connectivity index is 1.58. The normalized spacial score (nSPS) is 10.3. The van der Waals surface area contributed by atoms with Gasteiger partial charge in [0.25, 0.3) is 5.91 Å². The Kier molecular flexibility index (Phi) is 8.17. The molecule has 0 atom stereocenters. The first-order valence-electron chi connectivity index (χ1n) is 10.1. The number of carbonyl (C=O) groups excluding carboxylic acids is 1. The van der Waals surface area contributed by atoms with Gasteiger partial charge in [0, 0.05) is 12.1 Å². The zero-order valence-electron chi connectivity index (χ0n) is 17.8. The number of amides is 1. The Hall–Kier alpha value is -3.67. The summed E-state index contributed by atoms with van der Waals surface area (Å²) in [6.45, 7) is 1.37. The van der Waals surface area contributed by atoms with Crippen LogP contribution in [0.4, 0.5) is 0 Å². The van der Waals surface area contributed by atoms with E-state index in [0.29, 0.717) is 49.0 Å². The molecular weight excluding hydrogens is 394 g/mol. The molecule has 162 valence electrons. The maximum absolute atomic E-state index is 12.6. The molecule has 0 spiro atoms. The van der Waals surface area contributed by atoms with Gasteiger partial charge in [-0.1, -0.05) is 48.5 Å². The number of hydrogen-bond donors (Lipinski definition) is 1. The molecule has 0 saturated heterocycles. The number of nitrogens with one attached hydrogen (secondary N) is 1. The highest BCUT2D eigenvalue weighted by Crippen LogP contribution is 2.39. The Morgan fingerprint density at radius 1 is 0.839 bits per heavy atom. The minimum Gasteiger partial charge on any atom is -0.494 e. The van der Waals surface area contributed by atoms with Gasteiger partial charge in [0.1, 0.15) is 12.4 Å². The second-order valence-electron chi connectivity index (χ2n) is 6.76. The van der Waals surface area contributed by atoms with Crippen LogP contribution in [0.15, 0.2) is 72.8 Å². The van der Waals surface area contributed by atoms with Gasteiger partial charge in [-0.25, -0.2) is 0 Å². The maximum Gasteiger partial charge on any atom is 0.251 e. The summed E-state index contributed by atoms with van der Waals surface area (Å²) in [5, 5.41) is 2.89. The zero-order valence-corrected chi connectivity index (χ0v) is 17.8. The molecule has 0 heterocycles. The molecule has 0 radical (unpaired) electrons. The van der Waals surface area contributed by atoms with Crippen molar-refractivity contribution >= 4 is 5.91 Å². The smallest absolute Gasteiger partial charge is 0.251 e. The third-order valence-electron chi connectivity index (χ3n) is 4.57. The number of rotatable bonds is 11. The molecule has 0 fully saturated rings. The Morgan fingerprint density at radius 3 is 2.06 bits per heavy atom. The van der Waals surface area contributed by atoms with E-state index >= 15 is 0 Å². The van der Waals surface area contributed by atoms with Gasteiger partial charge < -0.3 is 24.3 Å². The van der Waals surface area contributed by atoms with E-state index < -0.39 is 0 Å². The molecule has 0 aliphatic rings. The minimum atomic E-state index is -0.217. The summed E-state index contributed by atoms with van der Waals surface area (Å²) in [4.78, 5) is 12.6. The highest BCUT2D eigenvalue weighted by atomic mass is 16.5. The van der Waals surface area contributed by atoms with Crippen LogP contribution in [-0.4, -0.2) is 33.3 Å². The van der Waals surface area contributed by atoms with E-state index in [1.54, 1.807) is 12.1 Å². The number of hydrogen-bond acceptors (Lipinski definition) is 5. The molecule has 0 aromatic heterocycles. The summed E-state index contributed by atoms with van der Waals surface area (Å²) >= 11 is 0. The maximum atomic E-state index is 12.6. The van der Waals surface area contributed by atoms with Gasteiger partial charge in [-0.3, -0.25) is 4.79 Å². The lowest BCUT2D eigenvalue weighted by Crippen LogP contribution is -2.25. The second-order valence-corrected chi connectivity index (χ2v) is 6.76. The van der Waals surface area contributed by atoms with Crippen LogP contribution in [0, 0.1) is 0 Å². The molecule has 0 saturated carbocycles. The van der Waals surface area contributed by atoms with E-state index in [1.807, 2.05) is 60.7 Å². The average molecular weight is 421 g/mol. The minimum absolute atomic E-state index is 0.217. The lowest BCUT2D eigenvalue weighted by atomic mass is 10.1. The fraction of sp³-hybridized carbons (Fsp3) is 0.240. The van der Waals surface area contributed by atoms with Crippen molar-refractivity contribution in [2.24, 2.45) is 0 Å². The number of benzene rings is 3. The third-order valence-corrected chi connectivity index (χ3v) is 4.57. The molecule has 3 aromatic rings. The fourth-order valence-corrected chi connectivity index (χ4v) is 2.97. The lowest BCUT2D eigenvalue weighted by Gasteiger charge is -2.16. The molecule has 1 amide bonds. The van der Waals surface area contributed by atoms with Crippen molar-refractivity contribution in [2.45, 2.75) is 13.0 Å². The van der Waals surface area contributed by atoms with Gasteiger partial charge in [-0.05, 0) is 36.2 Å². The van der Waals surface area contributed by atoms with Crippen LogP contribution in [0.2, 0.25) is 0 Å². The number of methoxy groups -OCH3 is 2. The third kappa shape index (κ3) is 6.40. The van der Waals surface area contributed by atoms with Crippen LogP contribution in [0.25, 0.3) is 0 Å². The largest absolute Gasteiger partial charge is 0.494 e. The van der Waals surface area contributed by atoms with Crippen LogP contribution in [0.3, 0.4) is 0 Å². The standard InChI is InChI=1S/C25H27NO5/c1-28-22-16-20(25(27)26-14-9-15-30-21-12-7-4-8-13-21)17-23(29-2)24(22)31-18-19-10-5-3-6-11-19/h3-8,10-13,16-17H,9,14-15,18H2,1-2H3,(H,26,27). The van der Waals surface area contributed by atoms with Crippen molar-refractivity contribution in [2.75, 3.05) is 27.4 Å². The van der Waals surface area contributed by atoms with Crippen LogP contribution in [0.1, 0.15) is 22.3 Å². The van der Waals surface area contributed by atoms with Gasteiger partial charge in [0.05, 0.1) is 20.8 Å². The molecule has 0 aliphatic heterocycles. The molecule has 0 aliphatic carbocycles. The molecule has 3 rings (SSSR count). The van der Waals surface area contributed by atoms with E-state index in [0.717, 1.165) is 11.3 Å². The Bertz CT molecular complexity index is 935. The van der Waals surface area contributed by atoms with E-state index in [2.05, 4.69) is 5.32 Å². The van der Waals surface area contributed by atoms with Crippen molar-refractivity contribution < 1.29 is 23.7 Å². The summed E-state index contributed by atoms with van der Waals surface area (Å²) in [7, 11) is 3.07. The van der Waals surface area contributed by atoms with E-state index in [-0.39, 0.29) is 5.91 Å². The van der Waals surface area contributed by atoms with Crippen LogP contribution >= 0.6 is 0 Å². The number of para-hydroxylation sites is 1. The van der Waals surface area contributed by atoms with Gasteiger partial charge in [0.15, 0.2) is 11.5 Å². The second kappa shape index (κ2) is 11.5. The molecule has 31 heavy (non-hydrogen) atoms. The predicted octanol–water partition coefficient (Wildman–Crippen LogP) is 4.48. The molecule has 0 bridgehead atoms. The predicted molar refractivity (Wildman–Crippen MR) is 119 cm³/mol. The average Bonchev–Trinajstić information content (AvgIpc) is 2.83. The van der Waals surface area contributed by atoms with Crippen LogP contribution in [0.5, 0.6) is 23.0 Å². The highest BCUT2D eigenvalue weighted by Gasteiger charge is 2.17. The van der Waals surface area contributed by atoms with Gasteiger partial charge >= 0.3 is 0 Å². The van der Waals surface area contributed by atoms with Gasteiger partial charge in [0.2, 0.25) is 5.75 Å². The van der Waals surface area contributed by atoms with Crippen molar-refractivity contribution in [1.29, 1.82) is 0 Å². The van der Waals surface area contributed by atoms with Crippen LogP contribution < -0.4 is 24.3 Å². The Labute approximate surface area is 182 Å². The Morgan fingerprint density at radius 2 is 1.45 bits per heavy atom. The summed E-state index contributed by atoms with van der Waals surface area (Å²) in [5.74, 6) is 1.93. The molecule has 6 nitrogen and oxygen atoms in total. The van der Waals surface area contributed by atoms with Crippen molar-refractivity contribution in [3.8, 4) is 23.0 Å². The molecule has 1 N–H and O–H groups in total. The SMILES string of the molecule is COc1cc(C(=O)NCCCOc2ccccc2)cc(OC)c1OCc1ccccc1. The lowest BCUT2D eigenvalue weighted by molar-refractivity contribution is 0.0950. The first-order chi connectivity index (χ1) is 15.2. The van der Waals surface area contributed by atoms with E-state index in [4.69, 9.17) is 18.9 Å². The number of ether oxygens (including phenoxy) is 4. The molecule has 3 aromatic carbocycles. The zero-order chi connectivity index (χ0) is 21.9. The summed E-state index contributed by atoms with van der Waals surface area (Å²) < 4.78 is 22.5. The molecular formula is C25H27NO5. The van der Waals surface area contributed by atoms with Crippen molar-refractivity contribution in [3.63, 3.8) is 0 Å². The number of carbonyl (C=O) groups is 1. The summed E-state index contributed by atoms with van der Waals surface area (Å²) in [6, 6.07) is 22.7.